The Balaban J connectivity index is 2.09. The van der Waals surface area contributed by atoms with Crippen LogP contribution >= 0.6 is 0 Å². The van der Waals surface area contributed by atoms with E-state index in [1.165, 1.54) is 24.8 Å². The monoisotopic (exact) mass is 292 g/mol. The van der Waals surface area contributed by atoms with Crippen molar-refractivity contribution in [1.82, 2.24) is 4.90 Å². The summed E-state index contributed by atoms with van der Waals surface area (Å²) in [6, 6.07) is 6.57. The van der Waals surface area contributed by atoms with Crippen molar-refractivity contribution in [1.29, 1.82) is 0 Å². The number of ether oxygens (including phenoxy) is 2. The second-order valence-corrected chi connectivity index (χ2v) is 5.88. The van der Waals surface area contributed by atoms with E-state index < -0.39 is 0 Å². The molecule has 1 aliphatic rings. The van der Waals surface area contributed by atoms with E-state index >= 15 is 0 Å². The second kappa shape index (κ2) is 7.66. The summed E-state index contributed by atoms with van der Waals surface area (Å²) in [6.45, 7) is 5.05. The van der Waals surface area contributed by atoms with Crippen LogP contribution in [-0.2, 0) is 6.54 Å². The normalized spacial score (nSPS) is 23.0. The van der Waals surface area contributed by atoms with Gasteiger partial charge in [0.1, 0.15) is 11.5 Å². The van der Waals surface area contributed by atoms with Gasteiger partial charge < -0.3 is 15.2 Å². The highest BCUT2D eigenvalue weighted by atomic mass is 16.5. The van der Waals surface area contributed by atoms with Crippen LogP contribution in [0, 0.1) is 5.92 Å². The first-order chi connectivity index (χ1) is 10.2. The number of rotatable bonds is 6. The first-order valence-corrected chi connectivity index (χ1v) is 7.86. The van der Waals surface area contributed by atoms with Crippen molar-refractivity contribution in [2.24, 2.45) is 11.7 Å². The Morgan fingerprint density at radius 2 is 1.86 bits per heavy atom. The molecule has 0 aliphatic carbocycles. The third-order valence-electron chi connectivity index (χ3n) is 4.59. The van der Waals surface area contributed by atoms with Gasteiger partial charge in [-0.3, -0.25) is 4.90 Å². The van der Waals surface area contributed by atoms with Crippen molar-refractivity contribution < 1.29 is 9.47 Å². The summed E-state index contributed by atoms with van der Waals surface area (Å²) in [5.41, 5.74) is 7.21. The molecule has 21 heavy (non-hydrogen) atoms. The van der Waals surface area contributed by atoms with Crippen LogP contribution in [0.5, 0.6) is 11.5 Å². The van der Waals surface area contributed by atoms with Gasteiger partial charge in [-0.1, -0.05) is 13.3 Å². The molecule has 1 aliphatic heterocycles. The summed E-state index contributed by atoms with van der Waals surface area (Å²) < 4.78 is 10.7. The maximum atomic E-state index is 5.99. The van der Waals surface area contributed by atoms with Crippen LogP contribution in [0.15, 0.2) is 18.2 Å². The first-order valence-electron chi connectivity index (χ1n) is 7.86. The maximum Gasteiger partial charge on any atom is 0.122 e. The number of piperidine rings is 1. The maximum absolute atomic E-state index is 5.99. The molecule has 2 unspecified atom stereocenters. The van der Waals surface area contributed by atoms with Crippen molar-refractivity contribution in [2.75, 3.05) is 27.3 Å². The molecular formula is C17H28N2O2. The topological polar surface area (TPSA) is 47.7 Å². The third kappa shape index (κ3) is 4.11. The molecule has 1 saturated heterocycles. The van der Waals surface area contributed by atoms with E-state index in [0.29, 0.717) is 6.04 Å². The minimum Gasteiger partial charge on any atom is -0.497 e. The van der Waals surface area contributed by atoms with E-state index in [0.717, 1.165) is 37.1 Å². The second-order valence-electron chi connectivity index (χ2n) is 5.88. The quantitative estimate of drug-likeness (QED) is 0.875. The van der Waals surface area contributed by atoms with Crippen molar-refractivity contribution >= 4 is 0 Å². The summed E-state index contributed by atoms with van der Waals surface area (Å²) in [4.78, 5) is 2.50. The fourth-order valence-electron chi connectivity index (χ4n) is 3.20. The number of benzene rings is 1. The average Bonchev–Trinajstić information content (AvgIpc) is 2.54. The minimum atomic E-state index is 0.487. The Labute approximate surface area is 128 Å². The Bertz CT molecular complexity index is 428. The van der Waals surface area contributed by atoms with Gasteiger partial charge in [0.25, 0.3) is 0 Å². The lowest BCUT2D eigenvalue weighted by atomic mass is 9.88. The molecule has 1 aromatic carbocycles. The molecule has 2 rings (SSSR count). The zero-order valence-corrected chi connectivity index (χ0v) is 13.5. The molecule has 4 heteroatoms. The van der Waals surface area contributed by atoms with Gasteiger partial charge in [0.05, 0.1) is 14.2 Å². The fourth-order valence-corrected chi connectivity index (χ4v) is 3.20. The molecule has 2 N–H and O–H groups in total. The van der Waals surface area contributed by atoms with E-state index in [9.17, 15) is 0 Å². The minimum absolute atomic E-state index is 0.487. The van der Waals surface area contributed by atoms with Gasteiger partial charge in [-0.15, -0.1) is 0 Å². The molecule has 0 radical (unpaired) electrons. The van der Waals surface area contributed by atoms with Gasteiger partial charge in [-0.2, -0.15) is 0 Å². The molecule has 1 heterocycles. The van der Waals surface area contributed by atoms with Crippen molar-refractivity contribution in [2.45, 2.75) is 38.8 Å². The predicted molar refractivity (Wildman–Crippen MR) is 85.8 cm³/mol. The van der Waals surface area contributed by atoms with E-state index in [4.69, 9.17) is 15.2 Å². The standard InChI is InChI=1S/C17H28N2O2/c1-4-13-5-6-19(15(7-13)11-18)12-14-8-16(20-2)10-17(9-14)21-3/h8-10,13,15H,4-7,11-12,18H2,1-3H3. The summed E-state index contributed by atoms with van der Waals surface area (Å²) in [7, 11) is 3.38. The molecule has 1 aromatic rings. The molecule has 118 valence electrons. The SMILES string of the molecule is CCC1CCN(Cc2cc(OC)cc(OC)c2)C(CN)C1. The highest BCUT2D eigenvalue weighted by molar-refractivity contribution is 5.38. The summed E-state index contributed by atoms with van der Waals surface area (Å²) >= 11 is 0. The van der Waals surface area contributed by atoms with Gasteiger partial charge in [0, 0.05) is 25.2 Å². The Kier molecular flexibility index (Phi) is 5.88. The summed E-state index contributed by atoms with van der Waals surface area (Å²) in [5.74, 6) is 2.52. The highest BCUT2D eigenvalue weighted by Crippen LogP contribution is 2.28. The number of likely N-dealkylation sites (tertiary alicyclic amines) is 1. The van der Waals surface area contributed by atoms with Gasteiger partial charge in [-0.05, 0) is 43.0 Å². The molecule has 0 amide bonds. The van der Waals surface area contributed by atoms with Crippen LogP contribution in [0.25, 0.3) is 0 Å². The molecule has 2 atom stereocenters. The molecule has 0 aromatic heterocycles. The lowest BCUT2D eigenvalue weighted by Gasteiger charge is -2.39. The van der Waals surface area contributed by atoms with Crippen LogP contribution in [0.4, 0.5) is 0 Å². The zero-order valence-electron chi connectivity index (χ0n) is 13.5. The van der Waals surface area contributed by atoms with Crippen LogP contribution in [0.3, 0.4) is 0 Å². The Morgan fingerprint density at radius 3 is 2.38 bits per heavy atom. The fraction of sp³-hybridized carbons (Fsp3) is 0.647. The molecule has 4 nitrogen and oxygen atoms in total. The van der Waals surface area contributed by atoms with Crippen LogP contribution in [0.2, 0.25) is 0 Å². The number of methoxy groups -OCH3 is 2. The average molecular weight is 292 g/mol. The van der Waals surface area contributed by atoms with Gasteiger partial charge in [0.15, 0.2) is 0 Å². The first kappa shape index (κ1) is 16.1. The molecule has 0 spiro atoms. The van der Waals surface area contributed by atoms with Gasteiger partial charge in [-0.25, -0.2) is 0 Å². The van der Waals surface area contributed by atoms with Crippen LogP contribution < -0.4 is 15.2 Å². The van der Waals surface area contributed by atoms with E-state index in [1.54, 1.807) is 14.2 Å². The van der Waals surface area contributed by atoms with E-state index in [2.05, 4.69) is 24.0 Å². The Hall–Kier alpha value is -1.26. The number of nitrogens with two attached hydrogens (primary N) is 1. The number of hydrogen-bond acceptors (Lipinski definition) is 4. The summed E-state index contributed by atoms with van der Waals surface area (Å²) in [6.07, 6.45) is 3.75. The van der Waals surface area contributed by atoms with Crippen LogP contribution in [0.1, 0.15) is 31.7 Å². The van der Waals surface area contributed by atoms with Gasteiger partial charge in [0.2, 0.25) is 0 Å². The van der Waals surface area contributed by atoms with Crippen molar-refractivity contribution in [3.63, 3.8) is 0 Å². The number of nitrogens with zero attached hydrogens (tertiary/aromatic N) is 1. The molecular weight excluding hydrogens is 264 g/mol. The highest BCUT2D eigenvalue weighted by Gasteiger charge is 2.26. The predicted octanol–water partition coefficient (Wildman–Crippen LogP) is 2.65. The number of hydrogen-bond donors (Lipinski definition) is 1. The zero-order chi connectivity index (χ0) is 15.2. The third-order valence-corrected chi connectivity index (χ3v) is 4.59. The lowest BCUT2D eigenvalue weighted by molar-refractivity contribution is 0.107. The lowest BCUT2D eigenvalue weighted by Crippen LogP contribution is -2.46. The summed E-state index contributed by atoms with van der Waals surface area (Å²) in [5, 5.41) is 0. The molecule has 0 saturated carbocycles. The van der Waals surface area contributed by atoms with Gasteiger partial charge >= 0.3 is 0 Å². The molecule has 1 fully saturated rings. The largest absolute Gasteiger partial charge is 0.497 e. The molecule has 0 bridgehead atoms. The van der Waals surface area contributed by atoms with E-state index in [1.807, 2.05) is 6.07 Å². The smallest absolute Gasteiger partial charge is 0.122 e. The van der Waals surface area contributed by atoms with Crippen molar-refractivity contribution in [3.8, 4) is 11.5 Å². The van der Waals surface area contributed by atoms with Crippen LogP contribution in [-0.4, -0.2) is 38.3 Å². The van der Waals surface area contributed by atoms with Crippen molar-refractivity contribution in [3.05, 3.63) is 23.8 Å². The van der Waals surface area contributed by atoms with E-state index in [-0.39, 0.29) is 0 Å². The Morgan fingerprint density at radius 1 is 1.19 bits per heavy atom.